The summed E-state index contributed by atoms with van der Waals surface area (Å²) >= 11 is 3.36. The molecule has 0 spiro atoms. The van der Waals surface area contributed by atoms with Gasteiger partial charge in [0, 0.05) is 42.3 Å². The first-order chi connectivity index (χ1) is 16.1. The first-order valence-electron chi connectivity index (χ1n) is 10.6. The maximum absolute atomic E-state index is 11.3. The lowest BCUT2D eigenvalue weighted by atomic mass is 10.1. The van der Waals surface area contributed by atoms with Crippen LogP contribution in [0.4, 0.5) is 11.4 Å². The number of nitrogens with one attached hydrogen (secondary N) is 1. The van der Waals surface area contributed by atoms with Crippen molar-refractivity contribution >= 4 is 27.3 Å². The van der Waals surface area contributed by atoms with Crippen molar-refractivity contribution in [2.75, 3.05) is 44.8 Å². The highest BCUT2D eigenvalue weighted by atomic mass is 79.9. The van der Waals surface area contributed by atoms with Gasteiger partial charge in [0.15, 0.2) is 11.6 Å². The number of anilines is 1. The van der Waals surface area contributed by atoms with Crippen molar-refractivity contribution in [1.29, 1.82) is 0 Å². The van der Waals surface area contributed by atoms with Crippen LogP contribution in [-0.4, -0.2) is 59.2 Å². The molecule has 4 rings (SSSR count). The number of nitro groups is 1. The molecule has 2 aromatic carbocycles. The van der Waals surface area contributed by atoms with Gasteiger partial charge in [-0.15, -0.1) is 0 Å². The third-order valence-electron chi connectivity index (χ3n) is 5.23. The molecule has 1 aliphatic heterocycles. The van der Waals surface area contributed by atoms with Crippen LogP contribution in [0.15, 0.2) is 59.3 Å². The molecule has 0 atom stereocenters. The van der Waals surface area contributed by atoms with Crippen LogP contribution >= 0.6 is 15.9 Å². The van der Waals surface area contributed by atoms with Crippen molar-refractivity contribution in [3.63, 3.8) is 0 Å². The van der Waals surface area contributed by atoms with E-state index in [1.165, 1.54) is 6.07 Å². The minimum absolute atomic E-state index is 0.0295. The van der Waals surface area contributed by atoms with Crippen LogP contribution in [0.1, 0.15) is 5.56 Å². The van der Waals surface area contributed by atoms with E-state index < -0.39 is 4.92 Å². The summed E-state index contributed by atoms with van der Waals surface area (Å²) in [6, 6.07) is 12.6. The maximum atomic E-state index is 11.3. The molecule has 1 N–H and O–H groups in total. The van der Waals surface area contributed by atoms with Gasteiger partial charge in [-0.1, -0.05) is 34.1 Å². The number of benzene rings is 2. The van der Waals surface area contributed by atoms with Crippen LogP contribution in [0.25, 0.3) is 11.4 Å². The van der Waals surface area contributed by atoms with Crippen molar-refractivity contribution in [2.45, 2.75) is 6.54 Å². The lowest BCUT2D eigenvalue weighted by molar-refractivity contribution is -0.384. The van der Waals surface area contributed by atoms with Crippen molar-refractivity contribution < 1.29 is 14.4 Å². The molecule has 0 aliphatic carbocycles. The molecule has 0 radical (unpaired) electrons. The zero-order chi connectivity index (χ0) is 23.0. The van der Waals surface area contributed by atoms with Gasteiger partial charge < -0.3 is 14.8 Å². The van der Waals surface area contributed by atoms with E-state index in [1.807, 2.05) is 24.3 Å². The van der Waals surface area contributed by atoms with Gasteiger partial charge in [-0.05, 0) is 23.8 Å². The van der Waals surface area contributed by atoms with E-state index in [1.54, 1.807) is 24.5 Å². The molecule has 3 aromatic rings. The van der Waals surface area contributed by atoms with E-state index in [4.69, 9.17) is 9.47 Å². The quantitative estimate of drug-likeness (QED) is 0.336. The highest BCUT2D eigenvalue weighted by molar-refractivity contribution is 9.10. The van der Waals surface area contributed by atoms with E-state index in [-0.39, 0.29) is 5.69 Å². The summed E-state index contributed by atoms with van der Waals surface area (Å²) in [6.07, 6.45) is 3.36. The Labute approximate surface area is 200 Å². The van der Waals surface area contributed by atoms with Gasteiger partial charge in [-0.25, -0.2) is 9.97 Å². The SMILES string of the molecule is O=[N+]([O-])c1ccc(Br)cc1NCc1cccc(-c2ncc(OCCN3CCOCC3)cn2)c1. The molecular weight excluding hydrogens is 490 g/mol. The van der Waals surface area contributed by atoms with Crippen molar-refractivity contribution in [3.8, 4) is 17.1 Å². The predicted molar refractivity (Wildman–Crippen MR) is 128 cm³/mol. The fraction of sp³-hybridized carbons (Fsp3) is 0.304. The second-order valence-corrected chi connectivity index (χ2v) is 8.43. The first-order valence-corrected chi connectivity index (χ1v) is 11.4. The van der Waals surface area contributed by atoms with Crippen LogP contribution in [0.2, 0.25) is 0 Å². The van der Waals surface area contributed by atoms with Crippen LogP contribution in [0.3, 0.4) is 0 Å². The Morgan fingerprint density at radius 1 is 1.15 bits per heavy atom. The highest BCUT2D eigenvalue weighted by Crippen LogP contribution is 2.28. The number of nitrogens with zero attached hydrogens (tertiary/aromatic N) is 4. The van der Waals surface area contributed by atoms with Crippen molar-refractivity contribution in [2.24, 2.45) is 0 Å². The lowest BCUT2D eigenvalue weighted by Gasteiger charge is -2.26. The smallest absolute Gasteiger partial charge is 0.292 e. The molecule has 33 heavy (non-hydrogen) atoms. The zero-order valence-corrected chi connectivity index (χ0v) is 19.5. The van der Waals surface area contributed by atoms with Crippen LogP contribution in [0, 0.1) is 10.1 Å². The Morgan fingerprint density at radius 2 is 1.94 bits per heavy atom. The number of morpholine rings is 1. The third-order valence-corrected chi connectivity index (χ3v) is 5.72. The molecule has 1 aliphatic rings. The topological polar surface area (TPSA) is 103 Å². The van der Waals surface area contributed by atoms with E-state index >= 15 is 0 Å². The largest absolute Gasteiger partial charge is 0.489 e. The van der Waals surface area contributed by atoms with Crippen LogP contribution in [-0.2, 0) is 11.3 Å². The standard InChI is InChI=1S/C23H24BrN5O4/c24-19-4-5-22(29(30)31)21(13-19)25-14-17-2-1-3-18(12-17)23-26-15-20(16-27-23)33-11-8-28-6-9-32-10-7-28/h1-5,12-13,15-16,25H,6-11,14H2. The Hall–Kier alpha value is -3.08. The number of hydrogen-bond donors (Lipinski definition) is 1. The number of aromatic nitrogens is 2. The Bertz CT molecular complexity index is 1090. The summed E-state index contributed by atoms with van der Waals surface area (Å²) < 4.78 is 11.9. The third kappa shape index (κ3) is 6.47. The number of halogens is 1. The molecule has 10 heteroatoms. The molecule has 2 heterocycles. The lowest BCUT2D eigenvalue weighted by Crippen LogP contribution is -2.38. The van der Waals surface area contributed by atoms with Crippen molar-refractivity contribution in [1.82, 2.24) is 14.9 Å². The fourth-order valence-electron chi connectivity index (χ4n) is 3.48. The molecule has 172 valence electrons. The van der Waals surface area contributed by atoms with Crippen molar-refractivity contribution in [3.05, 3.63) is 75.0 Å². The van der Waals surface area contributed by atoms with Crippen LogP contribution in [0.5, 0.6) is 5.75 Å². The monoisotopic (exact) mass is 513 g/mol. The summed E-state index contributed by atoms with van der Waals surface area (Å²) in [7, 11) is 0. The van der Waals surface area contributed by atoms with Gasteiger partial charge in [0.05, 0.1) is 30.5 Å². The fourth-order valence-corrected chi connectivity index (χ4v) is 3.84. The minimum atomic E-state index is -0.399. The normalized spacial score (nSPS) is 14.1. The van der Waals surface area contributed by atoms with E-state index in [9.17, 15) is 10.1 Å². The van der Waals surface area contributed by atoms with Gasteiger partial charge >= 0.3 is 0 Å². The number of ether oxygens (including phenoxy) is 2. The Balaban J connectivity index is 1.35. The molecule has 0 bridgehead atoms. The average molecular weight is 514 g/mol. The summed E-state index contributed by atoms with van der Waals surface area (Å²) in [5.74, 6) is 1.22. The summed E-state index contributed by atoms with van der Waals surface area (Å²) in [5, 5.41) is 14.4. The van der Waals surface area contributed by atoms with Gasteiger partial charge in [-0.2, -0.15) is 0 Å². The van der Waals surface area contributed by atoms with Gasteiger partial charge in [0.1, 0.15) is 12.3 Å². The Kier molecular flexibility index (Phi) is 7.82. The zero-order valence-electron chi connectivity index (χ0n) is 17.9. The predicted octanol–water partition coefficient (Wildman–Crippen LogP) is 4.14. The molecule has 1 aromatic heterocycles. The number of nitro benzene ring substituents is 1. The second kappa shape index (κ2) is 11.2. The van der Waals surface area contributed by atoms with E-state index in [2.05, 4.69) is 36.1 Å². The molecule has 0 amide bonds. The minimum Gasteiger partial charge on any atom is -0.489 e. The first kappa shape index (κ1) is 23.1. The summed E-state index contributed by atoms with van der Waals surface area (Å²) in [5.41, 5.74) is 2.30. The van der Waals surface area contributed by atoms with Gasteiger partial charge in [0.2, 0.25) is 0 Å². The number of hydrogen-bond acceptors (Lipinski definition) is 8. The highest BCUT2D eigenvalue weighted by Gasteiger charge is 2.14. The molecule has 0 saturated carbocycles. The molecule has 9 nitrogen and oxygen atoms in total. The van der Waals surface area contributed by atoms with Gasteiger partial charge in [-0.3, -0.25) is 15.0 Å². The second-order valence-electron chi connectivity index (χ2n) is 7.52. The number of rotatable bonds is 9. The Morgan fingerprint density at radius 3 is 2.70 bits per heavy atom. The molecule has 1 fully saturated rings. The molecule has 0 unspecified atom stereocenters. The molecule has 1 saturated heterocycles. The maximum Gasteiger partial charge on any atom is 0.292 e. The average Bonchev–Trinajstić information content (AvgIpc) is 2.84. The summed E-state index contributed by atoms with van der Waals surface area (Å²) in [6.45, 7) is 5.24. The summed E-state index contributed by atoms with van der Waals surface area (Å²) in [4.78, 5) is 22.1. The van der Waals surface area contributed by atoms with E-state index in [0.29, 0.717) is 30.4 Å². The van der Waals surface area contributed by atoms with Gasteiger partial charge in [0.25, 0.3) is 5.69 Å². The van der Waals surface area contributed by atoms with Crippen LogP contribution < -0.4 is 10.1 Å². The van der Waals surface area contributed by atoms with E-state index in [0.717, 1.165) is 48.4 Å². The molecular formula is C23H24BrN5O4.